The first-order chi connectivity index (χ1) is 15.7. The zero-order valence-corrected chi connectivity index (χ0v) is 18.9. The molecule has 2 aromatic rings. The molecule has 1 saturated heterocycles. The maximum absolute atomic E-state index is 13.8. The maximum atomic E-state index is 13.8. The number of rotatable bonds is 9. The average molecular weight is 490 g/mol. The molecule has 0 bridgehead atoms. The van der Waals surface area contributed by atoms with Gasteiger partial charge in [-0.1, -0.05) is 24.3 Å². The first kappa shape index (κ1) is 24.4. The Bertz CT molecular complexity index is 1230. The SMILES string of the molecule is C=CCNS(=O)(=O)c1ccc(C(=O)NCCN2C(=O)S/C(=C\c3ccccc3F)C2=O)cc1. The van der Waals surface area contributed by atoms with Crippen LogP contribution in [0.4, 0.5) is 9.18 Å². The maximum Gasteiger partial charge on any atom is 0.293 e. The Kier molecular flexibility index (Phi) is 7.79. The largest absolute Gasteiger partial charge is 0.350 e. The Morgan fingerprint density at radius 3 is 2.48 bits per heavy atom. The van der Waals surface area contributed by atoms with E-state index in [9.17, 15) is 27.2 Å². The number of nitrogens with one attached hydrogen (secondary N) is 2. The van der Waals surface area contributed by atoms with Crippen LogP contribution < -0.4 is 10.0 Å². The minimum absolute atomic E-state index is 0.000328. The van der Waals surface area contributed by atoms with Gasteiger partial charge in [0.2, 0.25) is 10.0 Å². The molecule has 172 valence electrons. The fourth-order valence-corrected chi connectivity index (χ4v) is 4.70. The zero-order valence-electron chi connectivity index (χ0n) is 17.3. The number of thioether (sulfide) groups is 1. The number of sulfonamides is 1. The molecule has 0 aromatic heterocycles. The Labute approximate surface area is 194 Å². The van der Waals surface area contributed by atoms with Gasteiger partial charge >= 0.3 is 0 Å². The predicted octanol–water partition coefficient (Wildman–Crippen LogP) is 2.76. The fraction of sp³-hybridized carbons (Fsp3) is 0.136. The van der Waals surface area contributed by atoms with Crippen molar-refractivity contribution in [1.29, 1.82) is 0 Å². The van der Waals surface area contributed by atoms with E-state index in [1.165, 1.54) is 54.6 Å². The van der Waals surface area contributed by atoms with Crippen LogP contribution >= 0.6 is 11.8 Å². The first-order valence-electron chi connectivity index (χ1n) is 9.71. The van der Waals surface area contributed by atoms with E-state index in [0.717, 1.165) is 4.90 Å². The van der Waals surface area contributed by atoms with Gasteiger partial charge in [-0.25, -0.2) is 17.5 Å². The molecule has 2 N–H and O–H groups in total. The third-order valence-electron chi connectivity index (χ3n) is 4.53. The lowest BCUT2D eigenvalue weighted by Crippen LogP contribution is -2.37. The Morgan fingerprint density at radius 1 is 1.12 bits per heavy atom. The van der Waals surface area contributed by atoms with Crippen LogP contribution in [0.15, 0.2) is 71.0 Å². The summed E-state index contributed by atoms with van der Waals surface area (Å²) in [5, 5.41) is 2.07. The van der Waals surface area contributed by atoms with E-state index in [4.69, 9.17) is 0 Å². The molecule has 0 unspecified atom stereocenters. The van der Waals surface area contributed by atoms with Crippen molar-refractivity contribution in [3.63, 3.8) is 0 Å². The normalized spacial score (nSPS) is 15.2. The number of amides is 3. The van der Waals surface area contributed by atoms with Gasteiger partial charge in [-0.2, -0.15) is 0 Å². The van der Waals surface area contributed by atoms with Gasteiger partial charge in [-0.3, -0.25) is 19.3 Å². The lowest BCUT2D eigenvalue weighted by atomic mass is 10.2. The molecule has 33 heavy (non-hydrogen) atoms. The number of carbonyl (C=O) groups is 3. The van der Waals surface area contributed by atoms with Crippen molar-refractivity contribution in [2.45, 2.75) is 4.90 Å². The molecule has 0 aliphatic carbocycles. The van der Waals surface area contributed by atoms with Crippen molar-refractivity contribution in [3.8, 4) is 0 Å². The molecular formula is C22H20FN3O5S2. The number of hydrogen-bond donors (Lipinski definition) is 2. The van der Waals surface area contributed by atoms with E-state index in [-0.39, 0.29) is 40.6 Å². The third kappa shape index (κ3) is 5.95. The van der Waals surface area contributed by atoms with E-state index in [2.05, 4.69) is 16.6 Å². The van der Waals surface area contributed by atoms with Crippen molar-refractivity contribution in [1.82, 2.24) is 14.9 Å². The summed E-state index contributed by atoms with van der Waals surface area (Å²) in [6, 6.07) is 11.2. The third-order valence-corrected chi connectivity index (χ3v) is 6.88. The molecule has 2 aromatic carbocycles. The Morgan fingerprint density at radius 2 is 1.82 bits per heavy atom. The highest BCUT2D eigenvalue weighted by molar-refractivity contribution is 8.18. The van der Waals surface area contributed by atoms with Crippen LogP contribution in [-0.2, 0) is 14.8 Å². The van der Waals surface area contributed by atoms with E-state index < -0.39 is 32.9 Å². The van der Waals surface area contributed by atoms with Gasteiger partial charge in [0.05, 0.1) is 9.80 Å². The zero-order chi connectivity index (χ0) is 24.0. The smallest absolute Gasteiger partial charge is 0.293 e. The van der Waals surface area contributed by atoms with Crippen molar-refractivity contribution >= 4 is 44.9 Å². The summed E-state index contributed by atoms with van der Waals surface area (Å²) < 4.78 is 40.3. The molecule has 0 saturated carbocycles. The van der Waals surface area contributed by atoms with Gasteiger partial charge in [0.15, 0.2) is 0 Å². The molecule has 0 spiro atoms. The van der Waals surface area contributed by atoms with Crippen molar-refractivity contribution in [2.75, 3.05) is 19.6 Å². The lowest BCUT2D eigenvalue weighted by Gasteiger charge is -2.13. The van der Waals surface area contributed by atoms with Crippen LogP contribution in [0.25, 0.3) is 6.08 Å². The first-order valence-corrected chi connectivity index (χ1v) is 12.0. The second-order valence-electron chi connectivity index (χ2n) is 6.78. The van der Waals surface area contributed by atoms with Crippen molar-refractivity contribution in [2.24, 2.45) is 0 Å². The molecule has 0 radical (unpaired) electrons. The monoisotopic (exact) mass is 489 g/mol. The molecule has 0 atom stereocenters. The second-order valence-corrected chi connectivity index (χ2v) is 9.54. The van der Waals surface area contributed by atoms with Gasteiger partial charge in [-0.05, 0) is 48.2 Å². The Balaban J connectivity index is 1.57. The molecule has 3 amide bonds. The number of benzene rings is 2. The summed E-state index contributed by atoms with van der Waals surface area (Å²) in [5.41, 5.74) is 0.410. The molecule has 1 aliphatic heterocycles. The lowest BCUT2D eigenvalue weighted by molar-refractivity contribution is -0.122. The summed E-state index contributed by atoms with van der Waals surface area (Å²) in [6.07, 6.45) is 2.73. The fourth-order valence-electron chi connectivity index (χ4n) is 2.85. The predicted molar refractivity (Wildman–Crippen MR) is 123 cm³/mol. The summed E-state index contributed by atoms with van der Waals surface area (Å²) in [7, 11) is -3.70. The highest BCUT2D eigenvalue weighted by atomic mass is 32.2. The van der Waals surface area contributed by atoms with E-state index in [1.807, 2.05) is 0 Å². The van der Waals surface area contributed by atoms with Crippen LogP contribution in [0.1, 0.15) is 15.9 Å². The van der Waals surface area contributed by atoms with Crippen LogP contribution in [0.3, 0.4) is 0 Å². The number of nitrogens with zero attached hydrogens (tertiary/aromatic N) is 1. The standard InChI is InChI=1S/C22H20FN3O5S2/c1-2-11-25-33(30,31)17-9-7-15(8-10-17)20(27)24-12-13-26-21(28)19(32-22(26)29)14-16-5-3-4-6-18(16)23/h2-10,14,25H,1,11-13H2,(H,24,27)/b19-14-. The topological polar surface area (TPSA) is 113 Å². The van der Waals surface area contributed by atoms with E-state index in [1.54, 1.807) is 6.07 Å². The molecule has 8 nitrogen and oxygen atoms in total. The van der Waals surface area contributed by atoms with Crippen LogP contribution in [0, 0.1) is 5.82 Å². The Hall–Kier alpha value is -3.28. The average Bonchev–Trinajstić information content (AvgIpc) is 3.06. The highest BCUT2D eigenvalue weighted by Crippen LogP contribution is 2.32. The number of hydrogen-bond acceptors (Lipinski definition) is 6. The molecular weight excluding hydrogens is 469 g/mol. The molecule has 3 rings (SSSR count). The molecule has 1 fully saturated rings. The number of halogens is 1. The summed E-state index contributed by atoms with van der Waals surface area (Å²) in [6.45, 7) is 3.44. The summed E-state index contributed by atoms with van der Waals surface area (Å²) in [5.74, 6) is -1.57. The van der Waals surface area contributed by atoms with Gasteiger partial charge in [0.1, 0.15) is 5.82 Å². The minimum Gasteiger partial charge on any atom is -0.350 e. The van der Waals surface area contributed by atoms with Gasteiger partial charge in [0, 0.05) is 30.8 Å². The minimum atomic E-state index is -3.70. The van der Waals surface area contributed by atoms with Gasteiger partial charge in [0.25, 0.3) is 17.1 Å². The van der Waals surface area contributed by atoms with E-state index >= 15 is 0 Å². The highest BCUT2D eigenvalue weighted by Gasteiger charge is 2.34. The second kappa shape index (κ2) is 10.6. The van der Waals surface area contributed by atoms with Gasteiger partial charge < -0.3 is 5.32 Å². The van der Waals surface area contributed by atoms with Crippen LogP contribution in [-0.4, -0.2) is 50.0 Å². The van der Waals surface area contributed by atoms with Crippen molar-refractivity contribution in [3.05, 3.63) is 83.0 Å². The van der Waals surface area contributed by atoms with Gasteiger partial charge in [-0.15, -0.1) is 6.58 Å². The molecule has 1 heterocycles. The quantitative estimate of drug-likeness (QED) is 0.414. The van der Waals surface area contributed by atoms with Crippen LogP contribution in [0.5, 0.6) is 0 Å². The number of imide groups is 1. The van der Waals surface area contributed by atoms with E-state index in [0.29, 0.717) is 11.8 Å². The molecule has 1 aliphatic rings. The van der Waals surface area contributed by atoms with Crippen LogP contribution in [0.2, 0.25) is 0 Å². The number of carbonyl (C=O) groups excluding carboxylic acids is 3. The molecule has 11 heteroatoms. The van der Waals surface area contributed by atoms with Crippen molar-refractivity contribution < 1.29 is 27.2 Å². The summed E-state index contributed by atoms with van der Waals surface area (Å²) >= 11 is 0.700. The summed E-state index contributed by atoms with van der Waals surface area (Å²) in [4.78, 5) is 38.1.